The van der Waals surface area contributed by atoms with Crippen molar-refractivity contribution in [3.05, 3.63) is 99.5 Å². The minimum absolute atomic E-state index is 0.0845. The lowest BCUT2D eigenvalue weighted by molar-refractivity contribution is -0.140. The quantitative estimate of drug-likeness (QED) is 0.323. The summed E-state index contributed by atoms with van der Waals surface area (Å²) in [5.74, 6) is -0.845. The molecule has 3 rings (SSSR count). The van der Waals surface area contributed by atoms with Crippen LogP contribution in [0.2, 0.25) is 5.02 Å². The van der Waals surface area contributed by atoms with E-state index in [1.807, 2.05) is 51.1 Å². The smallest absolute Gasteiger partial charge is 0.244 e. The maximum atomic E-state index is 14.0. The van der Waals surface area contributed by atoms with Crippen LogP contribution in [0, 0.1) is 0 Å². The number of halogens is 2. The van der Waals surface area contributed by atoms with Crippen LogP contribution >= 0.6 is 27.5 Å². The number of rotatable bonds is 10. The monoisotopic (exact) mass is 633 g/mol. The Morgan fingerprint density at radius 3 is 2.15 bits per heavy atom. The standard InChI is InChI=1S/C29H33BrClN3O4S/c1-29(2,3)32-28(36)26(17-21-9-6-5-7-10-21)33(19-22-13-15-24(31)16-14-22)27(35)20-34(39(4,37)38)25-12-8-11-23(30)18-25/h5-16,18,26H,17,19-20H2,1-4H3,(H,32,36). The predicted octanol–water partition coefficient (Wildman–Crippen LogP) is 5.42. The van der Waals surface area contributed by atoms with E-state index in [1.165, 1.54) is 4.90 Å². The maximum absolute atomic E-state index is 14.0. The first kappa shape index (κ1) is 30.7. The minimum Gasteiger partial charge on any atom is -0.350 e. The van der Waals surface area contributed by atoms with Crippen molar-refractivity contribution in [2.45, 2.75) is 45.3 Å². The van der Waals surface area contributed by atoms with Gasteiger partial charge in [0.25, 0.3) is 0 Å². The second-order valence-corrected chi connectivity index (χ2v) is 13.6. The topological polar surface area (TPSA) is 86.8 Å². The Hall–Kier alpha value is -2.88. The number of amides is 2. The second-order valence-electron chi connectivity index (χ2n) is 10.3. The van der Waals surface area contributed by atoms with Gasteiger partial charge in [0.15, 0.2) is 0 Å². The van der Waals surface area contributed by atoms with Crippen LogP contribution < -0.4 is 9.62 Å². The van der Waals surface area contributed by atoms with Gasteiger partial charge in [-0.1, -0.05) is 76.1 Å². The summed E-state index contributed by atoms with van der Waals surface area (Å²) in [6.45, 7) is 5.22. The Labute approximate surface area is 244 Å². The van der Waals surface area contributed by atoms with Gasteiger partial charge in [0.1, 0.15) is 12.6 Å². The van der Waals surface area contributed by atoms with Crippen LogP contribution in [-0.4, -0.2) is 49.5 Å². The van der Waals surface area contributed by atoms with E-state index in [-0.39, 0.29) is 18.9 Å². The summed E-state index contributed by atoms with van der Waals surface area (Å²) in [6, 6.07) is 22.2. The molecular formula is C29H33BrClN3O4S. The number of anilines is 1. The van der Waals surface area contributed by atoms with Crippen LogP contribution in [0.5, 0.6) is 0 Å². The summed E-state index contributed by atoms with van der Waals surface area (Å²) in [5, 5.41) is 3.54. The van der Waals surface area contributed by atoms with E-state index in [0.29, 0.717) is 15.2 Å². The number of sulfonamides is 1. The fourth-order valence-corrected chi connectivity index (χ4v) is 5.39. The molecule has 0 aromatic heterocycles. The first-order valence-corrected chi connectivity index (χ1v) is 15.4. The summed E-state index contributed by atoms with van der Waals surface area (Å²) in [4.78, 5) is 29.2. The molecular weight excluding hydrogens is 602 g/mol. The molecule has 0 spiro atoms. The average Bonchev–Trinajstić information content (AvgIpc) is 2.84. The first-order chi connectivity index (χ1) is 18.2. The molecule has 0 heterocycles. The van der Waals surface area contributed by atoms with Gasteiger partial charge in [-0.15, -0.1) is 0 Å². The Kier molecular flexibility index (Phi) is 10.2. The van der Waals surface area contributed by atoms with E-state index in [9.17, 15) is 18.0 Å². The van der Waals surface area contributed by atoms with E-state index < -0.39 is 34.1 Å². The summed E-state index contributed by atoms with van der Waals surface area (Å²) in [7, 11) is -3.83. The molecule has 3 aromatic carbocycles. The van der Waals surface area contributed by atoms with E-state index in [4.69, 9.17) is 11.6 Å². The van der Waals surface area contributed by atoms with E-state index in [2.05, 4.69) is 21.2 Å². The fourth-order valence-electron chi connectivity index (χ4n) is 4.04. The molecule has 0 fully saturated rings. The lowest BCUT2D eigenvalue weighted by atomic mass is 10.0. The number of hydrogen-bond acceptors (Lipinski definition) is 4. The molecule has 0 bridgehead atoms. The highest BCUT2D eigenvalue weighted by atomic mass is 79.9. The molecule has 2 amide bonds. The van der Waals surface area contributed by atoms with Gasteiger partial charge in [-0.2, -0.15) is 0 Å². The highest BCUT2D eigenvalue weighted by molar-refractivity contribution is 9.10. The third-order valence-electron chi connectivity index (χ3n) is 5.81. The van der Waals surface area contributed by atoms with Crippen LogP contribution in [0.15, 0.2) is 83.3 Å². The molecule has 1 atom stereocenters. The lowest BCUT2D eigenvalue weighted by Gasteiger charge is -2.35. The Balaban J connectivity index is 2.07. The molecule has 1 N–H and O–H groups in total. The van der Waals surface area contributed by atoms with E-state index in [0.717, 1.165) is 21.7 Å². The Bertz CT molecular complexity index is 1390. The van der Waals surface area contributed by atoms with Crippen LogP contribution in [-0.2, 0) is 32.6 Å². The summed E-state index contributed by atoms with van der Waals surface area (Å²) in [5.41, 5.74) is 1.41. The lowest BCUT2D eigenvalue weighted by Crippen LogP contribution is -2.56. The molecule has 208 valence electrons. The van der Waals surface area contributed by atoms with E-state index in [1.54, 1.807) is 48.5 Å². The molecule has 39 heavy (non-hydrogen) atoms. The number of hydrogen-bond donors (Lipinski definition) is 1. The van der Waals surface area contributed by atoms with Gasteiger partial charge in [0, 0.05) is 28.0 Å². The number of benzene rings is 3. The summed E-state index contributed by atoms with van der Waals surface area (Å²) in [6.07, 6.45) is 1.30. The normalized spacial score (nSPS) is 12.5. The van der Waals surface area contributed by atoms with E-state index >= 15 is 0 Å². The highest BCUT2D eigenvalue weighted by Crippen LogP contribution is 2.24. The van der Waals surface area contributed by atoms with Gasteiger partial charge in [-0.3, -0.25) is 13.9 Å². The van der Waals surface area contributed by atoms with Crippen LogP contribution in [0.1, 0.15) is 31.9 Å². The molecule has 0 aliphatic heterocycles. The zero-order valence-electron chi connectivity index (χ0n) is 22.4. The van der Waals surface area contributed by atoms with Gasteiger partial charge in [-0.25, -0.2) is 8.42 Å². The van der Waals surface area contributed by atoms with Crippen molar-refractivity contribution < 1.29 is 18.0 Å². The van der Waals surface area contributed by atoms with Gasteiger partial charge >= 0.3 is 0 Å². The summed E-state index contributed by atoms with van der Waals surface area (Å²) >= 11 is 9.45. The molecule has 7 nitrogen and oxygen atoms in total. The molecule has 0 saturated carbocycles. The van der Waals surface area contributed by atoms with Gasteiger partial charge in [0.2, 0.25) is 21.8 Å². The average molecular weight is 635 g/mol. The number of nitrogens with one attached hydrogen (secondary N) is 1. The van der Waals surface area contributed by atoms with Crippen molar-refractivity contribution in [3.8, 4) is 0 Å². The van der Waals surface area contributed by atoms with Crippen molar-refractivity contribution in [1.29, 1.82) is 0 Å². The molecule has 0 aliphatic rings. The van der Waals surface area contributed by atoms with Crippen LogP contribution in [0.3, 0.4) is 0 Å². The molecule has 1 unspecified atom stereocenters. The van der Waals surface area contributed by atoms with Crippen molar-refractivity contribution in [2.24, 2.45) is 0 Å². The fraction of sp³-hybridized carbons (Fsp3) is 0.310. The van der Waals surface area contributed by atoms with Crippen molar-refractivity contribution in [3.63, 3.8) is 0 Å². The zero-order chi connectivity index (χ0) is 28.8. The predicted molar refractivity (Wildman–Crippen MR) is 160 cm³/mol. The summed E-state index contributed by atoms with van der Waals surface area (Å²) < 4.78 is 27.4. The molecule has 10 heteroatoms. The molecule has 0 radical (unpaired) electrons. The SMILES string of the molecule is CC(C)(C)NC(=O)C(Cc1ccccc1)N(Cc1ccc(Cl)cc1)C(=O)CN(c1cccc(Br)c1)S(C)(=O)=O. The van der Waals surface area contributed by atoms with Crippen molar-refractivity contribution in [2.75, 3.05) is 17.1 Å². The van der Waals surface area contributed by atoms with Crippen molar-refractivity contribution >= 4 is 55.1 Å². The van der Waals surface area contributed by atoms with Crippen LogP contribution in [0.25, 0.3) is 0 Å². The largest absolute Gasteiger partial charge is 0.350 e. The number of carbonyl (C=O) groups excluding carboxylic acids is 2. The Morgan fingerprint density at radius 2 is 1.59 bits per heavy atom. The third-order valence-corrected chi connectivity index (χ3v) is 7.70. The number of nitrogens with zero attached hydrogens (tertiary/aromatic N) is 2. The number of carbonyl (C=O) groups is 2. The Morgan fingerprint density at radius 1 is 0.949 bits per heavy atom. The molecule has 0 saturated heterocycles. The van der Waals surface area contributed by atoms with Gasteiger partial charge in [-0.05, 0) is 62.2 Å². The van der Waals surface area contributed by atoms with Gasteiger partial charge < -0.3 is 10.2 Å². The van der Waals surface area contributed by atoms with Crippen LogP contribution in [0.4, 0.5) is 5.69 Å². The third kappa shape index (κ3) is 9.37. The van der Waals surface area contributed by atoms with Gasteiger partial charge in [0.05, 0.1) is 11.9 Å². The highest BCUT2D eigenvalue weighted by Gasteiger charge is 2.34. The first-order valence-electron chi connectivity index (χ1n) is 12.4. The van der Waals surface area contributed by atoms with Crippen molar-refractivity contribution in [1.82, 2.24) is 10.2 Å². The zero-order valence-corrected chi connectivity index (χ0v) is 25.6. The minimum atomic E-state index is -3.83. The maximum Gasteiger partial charge on any atom is 0.244 e. The molecule has 3 aromatic rings. The second kappa shape index (κ2) is 13.0. The molecule has 0 aliphatic carbocycles.